The number of hydrogen-bond acceptors (Lipinski definition) is 10. The van der Waals surface area contributed by atoms with E-state index in [1.165, 1.54) is 21.1 Å². The standard InChI is InChI=1S/C57H58O10/c1-34(59)66-52-31-44(67-55(63)22-36-16-17-38-24-43(60)29-46(45(38)21-36)37-13-8-5-9-14-37)30-48-47-32-54(65-3)50(61)26-41(47)23-39(15-10-20-58)56(48)57(19-18-35-11-6-4-7-12-35)33-42-27-51(62)53(64-2)28-40(42)25-49(52)57/h4-9,11-14,16-19,21,24,26-29,32,39,44,48-49,52,56,58,60-62H,10,15,20,22-23,25,30-31,33H2,1-3H3/b19-18+/t39-,44+,48-,49-,52-,56-,57+/m1/s1. The first kappa shape index (κ1) is 45.4. The Kier molecular flexibility index (Phi) is 13.0. The van der Waals surface area contributed by atoms with E-state index in [9.17, 15) is 30.0 Å². The minimum atomic E-state index is -0.706. The molecule has 0 bridgehead atoms. The zero-order valence-electron chi connectivity index (χ0n) is 38.2. The molecule has 67 heavy (non-hydrogen) atoms. The quantitative estimate of drug-likeness (QED) is 0.0874. The van der Waals surface area contributed by atoms with Crippen LogP contribution in [-0.4, -0.2) is 65.4 Å². The predicted octanol–water partition coefficient (Wildman–Crippen LogP) is 10.3. The normalized spacial score (nSPS) is 23.2. The van der Waals surface area contributed by atoms with Gasteiger partial charge in [-0.05, 0) is 154 Å². The number of hydrogen-bond donors (Lipinski definition) is 4. The Labute approximate surface area is 391 Å². The van der Waals surface area contributed by atoms with Crippen LogP contribution in [0.5, 0.6) is 28.7 Å². The predicted molar refractivity (Wildman–Crippen MR) is 257 cm³/mol. The van der Waals surface area contributed by atoms with Crippen LogP contribution < -0.4 is 9.47 Å². The maximum atomic E-state index is 14.5. The molecule has 0 aromatic heterocycles. The third kappa shape index (κ3) is 9.19. The van der Waals surface area contributed by atoms with Crippen molar-refractivity contribution in [1.29, 1.82) is 0 Å². The number of aliphatic hydroxyl groups excluding tert-OH is 1. The van der Waals surface area contributed by atoms with Gasteiger partial charge in [-0.1, -0.05) is 84.9 Å². The van der Waals surface area contributed by atoms with Gasteiger partial charge in [-0.25, -0.2) is 0 Å². The number of esters is 2. The fourth-order valence-electron chi connectivity index (χ4n) is 12.0. The summed E-state index contributed by atoms with van der Waals surface area (Å²) in [6, 6.07) is 36.6. The molecule has 6 aromatic rings. The van der Waals surface area contributed by atoms with Gasteiger partial charge in [-0.2, -0.15) is 0 Å². The van der Waals surface area contributed by atoms with Crippen LogP contribution in [0.1, 0.15) is 71.9 Å². The summed E-state index contributed by atoms with van der Waals surface area (Å²) in [4.78, 5) is 27.8. The summed E-state index contributed by atoms with van der Waals surface area (Å²) in [5.74, 6) is -0.729. The minimum absolute atomic E-state index is 0.000474. The lowest BCUT2D eigenvalue weighted by Crippen LogP contribution is -2.56. The number of phenolic OH excluding ortho intramolecular Hbond substituents is 3. The summed E-state index contributed by atoms with van der Waals surface area (Å²) < 4.78 is 24.5. The third-order valence-electron chi connectivity index (χ3n) is 14.6. The van der Waals surface area contributed by atoms with E-state index in [1.54, 1.807) is 24.3 Å². The lowest BCUT2D eigenvalue weighted by atomic mass is 9.47. The molecule has 0 saturated heterocycles. The monoisotopic (exact) mass is 902 g/mol. The summed E-state index contributed by atoms with van der Waals surface area (Å²) in [6.07, 6.45) is 6.48. The van der Waals surface area contributed by atoms with E-state index in [0.29, 0.717) is 50.0 Å². The smallest absolute Gasteiger partial charge is 0.310 e. The van der Waals surface area contributed by atoms with Gasteiger partial charge in [0.2, 0.25) is 0 Å². The Hall–Kier alpha value is -6.78. The average Bonchev–Trinajstić information content (AvgIpc) is 3.31. The lowest BCUT2D eigenvalue weighted by Gasteiger charge is -2.58. The Morgan fingerprint density at radius 2 is 1.48 bits per heavy atom. The highest BCUT2D eigenvalue weighted by molar-refractivity contribution is 5.98. The molecule has 1 fully saturated rings. The van der Waals surface area contributed by atoms with Crippen molar-refractivity contribution in [1.82, 2.24) is 0 Å². The summed E-state index contributed by atoms with van der Waals surface area (Å²) in [5, 5.41) is 45.2. The minimum Gasteiger partial charge on any atom is -0.508 e. The molecule has 0 heterocycles. The van der Waals surface area contributed by atoms with Crippen LogP contribution in [0.15, 0.2) is 121 Å². The average molecular weight is 903 g/mol. The highest BCUT2D eigenvalue weighted by Crippen LogP contribution is 2.62. The molecule has 0 aliphatic heterocycles. The fraction of sp³-hybridized carbons (Fsp3) is 0.333. The van der Waals surface area contributed by atoms with E-state index < -0.39 is 29.6 Å². The first-order valence-electron chi connectivity index (χ1n) is 23.3. The Morgan fingerprint density at radius 1 is 0.761 bits per heavy atom. The van der Waals surface area contributed by atoms with E-state index in [0.717, 1.165) is 55.3 Å². The number of fused-ring (bicyclic) bond motifs is 7. The molecule has 0 unspecified atom stereocenters. The van der Waals surface area contributed by atoms with Crippen molar-refractivity contribution >= 4 is 28.8 Å². The van der Waals surface area contributed by atoms with Crippen molar-refractivity contribution in [2.24, 2.45) is 23.2 Å². The second-order valence-electron chi connectivity index (χ2n) is 18.6. The molecule has 3 aliphatic carbocycles. The van der Waals surface area contributed by atoms with Crippen LogP contribution in [0.4, 0.5) is 0 Å². The molecule has 1 saturated carbocycles. The van der Waals surface area contributed by atoms with Crippen LogP contribution >= 0.6 is 0 Å². The lowest BCUT2D eigenvalue weighted by molar-refractivity contribution is -0.165. The fourth-order valence-corrected chi connectivity index (χ4v) is 12.0. The molecule has 0 radical (unpaired) electrons. The number of rotatable bonds is 12. The van der Waals surface area contributed by atoms with Gasteiger partial charge in [-0.15, -0.1) is 0 Å². The number of phenols is 3. The molecule has 9 rings (SSSR count). The van der Waals surface area contributed by atoms with Crippen LogP contribution in [0, 0.1) is 23.2 Å². The number of benzene rings is 6. The van der Waals surface area contributed by atoms with E-state index in [1.807, 2.05) is 78.9 Å². The molecule has 7 atom stereocenters. The van der Waals surface area contributed by atoms with Crippen LogP contribution in [0.3, 0.4) is 0 Å². The summed E-state index contributed by atoms with van der Waals surface area (Å²) in [5.41, 5.74) is 6.74. The van der Waals surface area contributed by atoms with Crippen LogP contribution in [-0.2, 0) is 44.7 Å². The van der Waals surface area contributed by atoms with Gasteiger partial charge < -0.3 is 39.4 Å². The second kappa shape index (κ2) is 19.2. The molecule has 0 amide bonds. The Balaban J connectivity index is 1.19. The van der Waals surface area contributed by atoms with Gasteiger partial charge in [-0.3, -0.25) is 9.59 Å². The molecule has 3 aliphatic rings. The number of carbonyl (C=O) groups excluding carboxylic acids is 2. The number of aromatic hydroxyl groups is 3. The number of methoxy groups -OCH3 is 2. The van der Waals surface area contributed by atoms with Crippen molar-refractivity contribution < 1.29 is 49.0 Å². The third-order valence-corrected chi connectivity index (χ3v) is 14.6. The maximum absolute atomic E-state index is 14.5. The summed E-state index contributed by atoms with van der Waals surface area (Å²) in [7, 11) is 3.07. The van der Waals surface area contributed by atoms with Gasteiger partial charge in [0, 0.05) is 31.3 Å². The van der Waals surface area contributed by atoms with Gasteiger partial charge >= 0.3 is 11.9 Å². The Bertz CT molecular complexity index is 2800. The van der Waals surface area contributed by atoms with Crippen molar-refractivity contribution in [3.05, 3.63) is 155 Å². The zero-order valence-corrected chi connectivity index (χ0v) is 38.2. The second-order valence-corrected chi connectivity index (χ2v) is 18.6. The number of carbonyl (C=O) groups is 2. The zero-order chi connectivity index (χ0) is 46.8. The number of ether oxygens (including phenoxy) is 4. The molecule has 10 nitrogen and oxygen atoms in total. The highest BCUT2D eigenvalue weighted by Gasteiger charge is 2.58. The van der Waals surface area contributed by atoms with Crippen molar-refractivity contribution in [2.45, 2.75) is 76.4 Å². The topological polar surface area (TPSA) is 152 Å². The van der Waals surface area contributed by atoms with E-state index in [4.69, 9.17) is 18.9 Å². The number of aliphatic hydroxyl groups is 1. The summed E-state index contributed by atoms with van der Waals surface area (Å²) >= 11 is 0. The first-order chi connectivity index (χ1) is 32.5. The Morgan fingerprint density at radius 3 is 2.19 bits per heavy atom. The van der Waals surface area contributed by atoms with Gasteiger partial charge in [0.1, 0.15) is 18.0 Å². The largest absolute Gasteiger partial charge is 0.508 e. The molecule has 346 valence electrons. The molecule has 10 heteroatoms. The molecular formula is C57H58O10. The SMILES string of the molecule is COc1cc2c(cc1O)C[C@]1(/C=C/c3ccccc3)[C@@H]3[C@H](CCCO)Cc4cc(O)c(OC)cc4[C@H]3C[C@H](OC(=O)Cc3ccc4cc(O)cc(-c5ccccc5)c4c3)C[C@@H](OC(C)=O)[C@H]1C2. The van der Waals surface area contributed by atoms with E-state index >= 15 is 0 Å². The number of allylic oxidation sites excluding steroid dienone is 1. The van der Waals surface area contributed by atoms with E-state index in [-0.39, 0.29) is 60.4 Å². The van der Waals surface area contributed by atoms with Crippen molar-refractivity contribution in [3.63, 3.8) is 0 Å². The molecule has 6 aromatic carbocycles. The van der Waals surface area contributed by atoms with E-state index in [2.05, 4.69) is 24.3 Å². The maximum Gasteiger partial charge on any atom is 0.310 e. The van der Waals surface area contributed by atoms with Crippen LogP contribution in [0.25, 0.3) is 28.0 Å². The van der Waals surface area contributed by atoms with Gasteiger partial charge in [0.15, 0.2) is 23.0 Å². The first-order valence-corrected chi connectivity index (χ1v) is 23.3. The highest BCUT2D eigenvalue weighted by atomic mass is 16.6. The van der Waals surface area contributed by atoms with Gasteiger partial charge in [0.25, 0.3) is 0 Å². The summed E-state index contributed by atoms with van der Waals surface area (Å²) in [6.45, 7) is 1.42. The van der Waals surface area contributed by atoms with Crippen molar-refractivity contribution in [3.8, 4) is 39.9 Å². The van der Waals surface area contributed by atoms with Gasteiger partial charge in [0.05, 0.1) is 20.6 Å². The molecule has 0 spiro atoms. The molecule has 4 N–H and O–H groups in total. The molecular weight excluding hydrogens is 845 g/mol. The van der Waals surface area contributed by atoms with Crippen LogP contribution in [0.2, 0.25) is 0 Å². The van der Waals surface area contributed by atoms with Crippen molar-refractivity contribution in [2.75, 3.05) is 20.8 Å².